The van der Waals surface area contributed by atoms with Gasteiger partial charge in [0.25, 0.3) is 0 Å². The average Bonchev–Trinajstić information content (AvgIpc) is 3.26. The Labute approximate surface area is 169 Å². The number of fused-ring (bicyclic) bond motifs is 1. The molecule has 0 atom stereocenters. The number of aryl methyl sites for hydroxylation is 1. The van der Waals surface area contributed by atoms with Crippen molar-refractivity contribution in [3.8, 4) is 0 Å². The fourth-order valence-electron chi connectivity index (χ4n) is 2.60. The summed E-state index contributed by atoms with van der Waals surface area (Å²) in [7, 11) is 0. The van der Waals surface area contributed by atoms with E-state index in [4.69, 9.17) is 14.0 Å². The molecule has 1 aromatic carbocycles. The zero-order valence-corrected chi connectivity index (χ0v) is 16.9. The number of carbonyl (C=O) groups excluding carboxylic acids is 3. The van der Waals surface area contributed by atoms with E-state index < -0.39 is 17.8 Å². The second kappa shape index (κ2) is 8.82. The van der Waals surface area contributed by atoms with Gasteiger partial charge in [0, 0.05) is 6.07 Å². The largest absolute Gasteiger partial charge is 0.465 e. The highest BCUT2D eigenvalue weighted by molar-refractivity contribution is 7.16. The summed E-state index contributed by atoms with van der Waals surface area (Å²) < 4.78 is 17.2. The van der Waals surface area contributed by atoms with Gasteiger partial charge in [-0.25, -0.2) is 4.79 Å². The third-order valence-corrected chi connectivity index (χ3v) is 4.87. The maximum absolute atomic E-state index is 12.4. The molecule has 2 heterocycles. The molecule has 0 aliphatic heterocycles. The lowest BCUT2D eigenvalue weighted by molar-refractivity contribution is -0.143. The molecular weight excluding hydrogens is 398 g/mol. The molecule has 0 N–H and O–H groups in total. The van der Waals surface area contributed by atoms with Crippen molar-refractivity contribution in [2.24, 2.45) is 4.99 Å². The van der Waals surface area contributed by atoms with Gasteiger partial charge >= 0.3 is 17.8 Å². The van der Waals surface area contributed by atoms with Crippen LogP contribution in [0.15, 0.2) is 33.8 Å². The van der Waals surface area contributed by atoms with E-state index in [2.05, 4.69) is 10.1 Å². The molecule has 0 saturated heterocycles. The first-order chi connectivity index (χ1) is 13.9. The van der Waals surface area contributed by atoms with E-state index in [1.54, 1.807) is 43.5 Å². The third kappa shape index (κ3) is 4.60. The summed E-state index contributed by atoms with van der Waals surface area (Å²) in [6.45, 7) is 5.47. The summed E-state index contributed by atoms with van der Waals surface area (Å²) >= 11 is 1.16. The highest BCUT2D eigenvalue weighted by atomic mass is 32.1. The van der Waals surface area contributed by atoms with Crippen molar-refractivity contribution >= 4 is 39.4 Å². The Balaban J connectivity index is 2.10. The van der Waals surface area contributed by atoms with Crippen LogP contribution in [0.1, 0.15) is 40.5 Å². The number of esters is 2. The number of amides is 1. The van der Waals surface area contributed by atoms with Gasteiger partial charge in [-0.2, -0.15) is 4.99 Å². The SMILES string of the molecule is CCOC(=O)Cn1c(=NC(=O)c2cc(C)on2)sc2cc(C(=O)OCC)ccc21. The molecule has 9 nitrogen and oxygen atoms in total. The Morgan fingerprint density at radius 2 is 1.93 bits per heavy atom. The monoisotopic (exact) mass is 417 g/mol. The molecule has 3 aromatic rings. The summed E-state index contributed by atoms with van der Waals surface area (Å²) in [5.74, 6) is -1.03. The van der Waals surface area contributed by atoms with E-state index in [0.29, 0.717) is 21.5 Å². The van der Waals surface area contributed by atoms with Crippen LogP contribution in [-0.2, 0) is 20.8 Å². The molecular formula is C19H19N3O6S. The number of benzene rings is 1. The van der Waals surface area contributed by atoms with E-state index in [1.807, 2.05) is 0 Å². The molecule has 29 heavy (non-hydrogen) atoms. The molecule has 0 aliphatic carbocycles. The molecule has 0 radical (unpaired) electrons. The fourth-order valence-corrected chi connectivity index (χ4v) is 3.67. The van der Waals surface area contributed by atoms with Gasteiger partial charge in [-0.1, -0.05) is 16.5 Å². The zero-order chi connectivity index (χ0) is 21.0. The smallest absolute Gasteiger partial charge is 0.338 e. The Kier molecular flexibility index (Phi) is 6.23. The fraction of sp³-hybridized carbons (Fsp3) is 0.316. The topological polar surface area (TPSA) is 113 Å². The highest BCUT2D eigenvalue weighted by Crippen LogP contribution is 2.20. The minimum atomic E-state index is -0.600. The summed E-state index contributed by atoms with van der Waals surface area (Å²) in [4.78, 5) is 40.9. The molecule has 0 aliphatic rings. The van der Waals surface area contributed by atoms with E-state index >= 15 is 0 Å². The van der Waals surface area contributed by atoms with Crippen molar-refractivity contribution in [2.75, 3.05) is 13.2 Å². The molecule has 0 spiro atoms. The number of thiazole rings is 1. The quantitative estimate of drug-likeness (QED) is 0.566. The minimum absolute atomic E-state index is 0.0647. The number of nitrogens with zero attached hydrogens (tertiary/aromatic N) is 3. The van der Waals surface area contributed by atoms with E-state index in [-0.39, 0.29) is 30.3 Å². The number of rotatable bonds is 6. The molecule has 1 amide bonds. The van der Waals surface area contributed by atoms with Gasteiger partial charge in [0.1, 0.15) is 12.3 Å². The maximum atomic E-state index is 12.4. The predicted octanol–water partition coefficient (Wildman–Crippen LogP) is 2.48. The molecule has 10 heteroatoms. The summed E-state index contributed by atoms with van der Waals surface area (Å²) in [6.07, 6.45) is 0. The van der Waals surface area contributed by atoms with Crippen molar-refractivity contribution in [2.45, 2.75) is 27.3 Å². The van der Waals surface area contributed by atoms with E-state index in [1.165, 1.54) is 6.07 Å². The van der Waals surface area contributed by atoms with Gasteiger partial charge in [-0.05, 0) is 39.0 Å². The maximum Gasteiger partial charge on any atom is 0.338 e. The summed E-state index contributed by atoms with van der Waals surface area (Å²) in [6, 6.07) is 6.40. The highest BCUT2D eigenvalue weighted by Gasteiger charge is 2.16. The number of hydrogen-bond acceptors (Lipinski definition) is 8. The van der Waals surface area contributed by atoms with E-state index in [9.17, 15) is 14.4 Å². The van der Waals surface area contributed by atoms with Gasteiger partial charge in [-0.3, -0.25) is 9.59 Å². The first kappa shape index (κ1) is 20.5. The van der Waals surface area contributed by atoms with Crippen LogP contribution in [0, 0.1) is 6.92 Å². The lowest BCUT2D eigenvalue weighted by Crippen LogP contribution is -2.23. The van der Waals surface area contributed by atoms with Crippen LogP contribution in [0.25, 0.3) is 10.2 Å². The first-order valence-electron chi connectivity index (χ1n) is 8.91. The molecule has 0 saturated carbocycles. The lowest BCUT2D eigenvalue weighted by atomic mass is 10.2. The number of carbonyl (C=O) groups is 3. The molecule has 0 bridgehead atoms. The Morgan fingerprint density at radius 1 is 1.17 bits per heavy atom. The van der Waals surface area contributed by atoms with E-state index in [0.717, 1.165) is 11.3 Å². The number of ether oxygens (including phenoxy) is 2. The van der Waals surface area contributed by atoms with Crippen LogP contribution in [-0.4, -0.2) is 40.8 Å². The second-order valence-corrected chi connectivity index (χ2v) is 6.93. The van der Waals surface area contributed by atoms with Crippen LogP contribution in [0.3, 0.4) is 0 Å². The van der Waals surface area contributed by atoms with Gasteiger partial charge in [-0.15, -0.1) is 0 Å². The standard InChI is InChI=1S/C19H19N3O6S/c1-4-26-16(23)10-22-14-7-6-12(18(25)27-5-2)9-15(14)29-19(22)20-17(24)13-8-11(3)28-21-13/h6-9H,4-5,10H2,1-3H3. The van der Waals surface area contributed by atoms with Crippen LogP contribution in [0.5, 0.6) is 0 Å². The van der Waals surface area contributed by atoms with Crippen LogP contribution >= 0.6 is 11.3 Å². The van der Waals surface area contributed by atoms with Crippen molar-refractivity contribution in [3.63, 3.8) is 0 Å². The molecule has 152 valence electrons. The summed E-state index contributed by atoms with van der Waals surface area (Å²) in [5.41, 5.74) is 1.07. The van der Waals surface area contributed by atoms with Crippen LogP contribution in [0.2, 0.25) is 0 Å². The normalized spacial score (nSPS) is 11.6. The number of aromatic nitrogens is 2. The summed E-state index contributed by atoms with van der Waals surface area (Å²) in [5, 5.41) is 3.67. The van der Waals surface area contributed by atoms with Crippen LogP contribution < -0.4 is 4.80 Å². The van der Waals surface area contributed by atoms with Crippen molar-refractivity contribution in [1.29, 1.82) is 0 Å². The minimum Gasteiger partial charge on any atom is -0.465 e. The number of hydrogen-bond donors (Lipinski definition) is 0. The Bertz CT molecular complexity index is 1140. The van der Waals surface area contributed by atoms with Crippen molar-refractivity contribution < 1.29 is 28.4 Å². The van der Waals surface area contributed by atoms with Gasteiger partial charge in [0.15, 0.2) is 10.5 Å². The van der Waals surface area contributed by atoms with Gasteiger partial charge < -0.3 is 18.6 Å². The molecule has 0 unspecified atom stereocenters. The first-order valence-corrected chi connectivity index (χ1v) is 9.73. The molecule has 3 rings (SSSR count). The molecule has 0 fully saturated rings. The average molecular weight is 417 g/mol. The Morgan fingerprint density at radius 3 is 2.59 bits per heavy atom. The predicted molar refractivity (Wildman–Crippen MR) is 104 cm³/mol. The van der Waals surface area contributed by atoms with Crippen LogP contribution in [0.4, 0.5) is 0 Å². The Hall–Kier alpha value is -3.27. The van der Waals surface area contributed by atoms with Crippen molar-refractivity contribution in [3.05, 3.63) is 46.1 Å². The van der Waals surface area contributed by atoms with Crippen molar-refractivity contribution in [1.82, 2.24) is 9.72 Å². The van der Waals surface area contributed by atoms with Gasteiger partial charge in [0.2, 0.25) is 0 Å². The zero-order valence-electron chi connectivity index (χ0n) is 16.1. The van der Waals surface area contributed by atoms with Gasteiger partial charge in [0.05, 0.1) is 29.0 Å². The second-order valence-electron chi connectivity index (χ2n) is 5.92. The lowest BCUT2D eigenvalue weighted by Gasteiger charge is -2.06. The molecule has 2 aromatic heterocycles. The third-order valence-electron chi connectivity index (χ3n) is 3.83.